The normalized spacial score (nSPS) is 10.2. The van der Waals surface area contributed by atoms with Gasteiger partial charge in [-0.15, -0.1) is 22.9 Å². The molecule has 9 heteroatoms. The average molecular weight is 366 g/mol. The smallest absolute Gasteiger partial charge is 0.266 e. The number of carbonyl (C=O) groups excluding carboxylic acids is 2. The Bertz CT molecular complexity index is 973. The monoisotopic (exact) mass is 366 g/mol. The molecule has 0 atom stereocenters. The lowest BCUT2D eigenvalue weighted by molar-refractivity contribution is -0.116. The number of aromatic nitrogens is 4. The molecule has 130 valence electrons. The Hall–Kier alpha value is -3.51. The molecule has 0 saturated heterocycles. The predicted octanol–water partition coefficient (Wildman–Crippen LogP) is 1.42. The summed E-state index contributed by atoms with van der Waals surface area (Å²) in [6.45, 7) is -0.105. The number of rotatable bonds is 5. The van der Waals surface area contributed by atoms with Crippen molar-refractivity contribution in [2.75, 3.05) is 18.9 Å². The highest BCUT2D eigenvalue weighted by atomic mass is 32.1. The van der Waals surface area contributed by atoms with Crippen molar-refractivity contribution >= 4 is 28.8 Å². The second kappa shape index (κ2) is 7.58. The van der Waals surface area contributed by atoms with Gasteiger partial charge in [0.05, 0.1) is 12.2 Å². The van der Waals surface area contributed by atoms with E-state index in [2.05, 4.69) is 26.8 Å². The molecule has 2 amide bonds. The largest absolute Gasteiger partial charge is 0.332 e. The van der Waals surface area contributed by atoms with Gasteiger partial charge >= 0.3 is 0 Å². The maximum Gasteiger partial charge on any atom is 0.266 e. The molecule has 8 nitrogen and oxygen atoms in total. The van der Waals surface area contributed by atoms with Crippen LogP contribution >= 0.6 is 11.3 Å². The van der Waals surface area contributed by atoms with Gasteiger partial charge in [-0.2, -0.15) is 4.68 Å². The molecule has 3 aromatic rings. The number of nitrogens with one attached hydrogen (secondary N) is 1. The van der Waals surface area contributed by atoms with Gasteiger partial charge in [-0.1, -0.05) is 12.0 Å². The number of likely N-dealkylation sites (N-methyl/N-ethyl adjacent to an activating group) is 1. The van der Waals surface area contributed by atoms with Crippen molar-refractivity contribution < 1.29 is 9.59 Å². The molecule has 0 aliphatic heterocycles. The second-order valence-electron chi connectivity index (χ2n) is 5.32. The third kappa shape index (κ3) is 3.76. The van der Waals surface area contributed by atoms with E-state index in [1.807, 2.05) is 0 Å². The van der Waals surface area contributed by atoms with Gasteiger partial charge in [0.2, 0.25) is 5.91 Å². The molecule has 3 rings (SSSR count). The molecule has 1 aromatic carbocycles. The molecule has 2 aromatic heterocycles. The van der Waals surface area contributed by atoms with Crippen LogP contribution in [-0.4, -0.2) is 50.5 Å². The van der Waals surface area contributed by atoms with E-state index >= 15 is 0 Å². The summed E-state index contributed by atoms with van der Waals surface area (Å²) in [5, 5.41) is 15.4. The number of benzene rings is 1. The number of tetrazole rings is 1. The number of carbonyl (C=O) groups is 2. The third-order valence-electron chi connectivity index (χ3n) is 3.47. The van der Waals surface area contributed by atoms with Crippen molar-refractivity contribution in [3.05, 3.63) is 52.5 Å². The Morgan fingerprint density at radius 2 is 2.23 bits per heavy atom. The number of hydrogen-bond acceptors (Lipinski definition) is 6. The van der Waals surface area contributed by atoms with Crippen molar-refractivity contribution in [3.63, 3.8) is 0 Å². The van der Waals surface area contributed by atoms with Crippen LogP contribution in [0.2, 0.25) is 0 Å². The van der Waals surface area contributed by atoms with E-state index in [1.54, 1.807) is 42.8 Å². The summed E-state index contributed by atoms with van der Waals surface area (Å²) in [7, 11) is 1.56. The maximum atomic E-state index is 12.7. The van der Waals surface area contributed by atoms with Crippen molar-refractivity contribution in [3.8, 4) is 18.0 Å². The van der Waals surface area contributed by atoms with Crippen molar-refractivity contribution in [2.24, 2.45) is 0 Å². The Kier molecular flexibility index (Phi) is 5.05. The van der Waals surface area contributed by atoms with E-state index in [9.17, 15) is 9.59 Å². The fraction of sp³-hybridized carbons (Fsp3) is 0.118. The molecule has 2 heterocycles. The molecule has 26 heavy (non-hydrogen) atoms. The van der Waals surface area contributed by atoms with Gasteiger partial charge < -0.3 is 10.2 Å². The first-order valence-electron chi connectivity index (χ1n) is 7.51. The number of terminal acetylenes is 1. The lowest BCUT2D eigenvalue weighted by Gasteiger charge is -2.17. The van der Waals surface area contributed by atoms with E-state index in [0.717, 1.165) is 0 Å². The average Bonchev–Trinajstić information content (AvgIpc) is 3.32. The standard InChI is InChI=1S/C17H14N6O2S/c1-3-12-5-4-6-13(9-12)19-15(24)10-22(2)17(25)16-14(7-8-26-16)23-11-18-20-21-23/h1,4-9,11H,10H2,2H3,(H,19,24). The van der Waals surface area contributed by atoms with E-state index in [1.165, 1.54) is 27.2 Å². The van der Waals surface area contributed by atoms with Crippen LogP contribution in [0.3, 0.4) is 0 Å². The molecule has 0 unspecified atom stereocenters. The van der Waals surface area contributed by atoms with Crippen molar-refractivity contribution in [2.45, 2.75) is 0 Å². The number of hydrogen-bond donors (Lipinski definition) is 1. The van der Waals surface area contributed by atoms with E-state index in [-0.39, 0.29) is 18.4 Å². The number of thiophene rings is 1. The molecule has 0 radical (unpaired) electrons. The molecule has 0 bridgehead atoms. The molecular weight excluding hydrogens is 352 g/mol. The van der Waals surface area contributed by atoms with Crippen LogP contribution < -0.4 is 5.32 Å². The van der Waals surface area contributed by atoms with Crippen molar-refractivity contribution in [1.82, 2.24) is 25.1 Å². The Labute approximate surface area is 153 Å². The molecule has 0 aliphatic rings. The number of amides is 2. The minimum atomic E-state index is -0.324. The number of anilines is 1. The van der Waals surface area contributed by atoms with E-state index < -0.39 is 0 Å². The number of nitrogens with zero attached hydrogens (tertiary/aromatic N) is 5. The van der Waals surface area contributed by atoms with Crippen LogP contribution in [0, 0.1) is 12.3 Å². The van der Waals surface area contributed by atoms with Gasteiger partial charge in [-0.25, -0.2) is 0 Å². The summed E-state index contributed by atoms with van der Waals surface area (Å²) in [6.07, 6.45) is 6.75. The summed E-state index contributed by atoms with van der Waals surface area (Å²) in [4.78, 5) is 26.7. The summed E-state index contributed by atoms with van der Waals surface area (Å²) in [5.74, 6) is 1.89. The van der Waals surface area contributed by atoms with E-state index in [0.29, 0.717) is 21.8 Å². The van der Waals surface area contributed by atoms with Gasteiger partial charge in [0, 0.05) is 18.3 Å². The first kappa shape index (κ1) is 17.3. The zero-order valence-corrected chi connectivity index (χ0v) is 14.6. The first-order chi connectivity index (χ1) is 12.6. The Balaban J connectivity index is 1.67. The van der Waals surface area contributed by atoms with Crippen LogP contribution in [0.15, 0.2) is 42.0 Å². The highest BCUT2D eigenvalue weighted by molar-refractivity contribution is 7.12. The molecular formula is C17H14N6O2S. The Morgan fingerprint density at radius 1 is 1.38 bits per heavy atom. The summed E-state index contributed by atoms with van der Waals surface area (Å²) >= 11 is 1.26. The van der Waals surface area contributed by atoms with Crippen LogP contribution in [0.5, 0.6) is 0 Å². The molecule has 0 spiro atoms. The highest BCUT2D eigenvalue weighted by Gasteiger charge is 2.21. The van der Waals surface area contributed by atoms with Crippen LogP contribution in [0.1, 0.15) is 15.2 Å². The van der Waals surface area contributed by atoms with Gasteiger partial charge in [-0.05, 0) is 40.1 Å². The fourth-order valence-corrected chi connectivity index (χ4v) is 3.13. The van der Waals surface area contributed by atoms with Gasteiger partial charge in [0.1, 0.15) is 11.2 Å². The summed E-state index contributed by atoms with van der Waals surface area (Å²) in [6, 6.07) is 8.68. The van der Waals surface area contributed by atoms with Gasteiger partial charge in [0.25, 0.3) is 5.91 Å². The maximum absolute atomic E-state index is 12.7. The zero-order chi connectivity index (χ0) is 18.5. The lowest BCUT2D eigenvalue weighted by Crippen LogP contribution is -2.35. The lowest BCUT2D eigenvalue weighted by atomic mass is 10.2. The van der Waals surface area contributed by atoms with Crippen LogP contribution in [-0.2, 0) is 4.79 Å². The quantitative estimate of drug-likeness (QED) is 0.689. The van der Waals surface area contributed by atoms with E-state index in [4.69, 9.17) is 6.42 Å². The SMILES string of the molecule is C#Cc1cccc(NC(=O)CN(C)C(=O)c2sccc2-n2cnnn2)c1. The minimum Gasteiger partial charge on any atom is -0.332 e. The highest BCUT2D eigenvalue weighted by Crippen LogP contribution is 2.21. The summed E-state index contributed by atoms with van der Waals surface area (Å²) < 4.78 is 1.41. The van der Waals surface area contributed by atoms with Crippen LogP contribution in [0.4, 0.5) is 5.69 Å². The molecule has 0 saturated carbocycles. The molecule has 0 fully saturated rings. The topological polar surface area (TPSA) is 93.0 Å². The second-order valence-corrected chi connectivity index (χ2v) is 6.24. The van der Waals surface area contributed by atoms with Crippen molar-refractivity contribution in [1.29, 1.82) is 0 Å². The minimum absolute atomic E-state index is 0.105. The third-order valence-corrected chi connectivity index (χ3v) is 4.37. The van der Waals surface area contributed by atoms with Gasteiger partial charge in [0.15, 0.2) is 0 Å². The first-order valence-corrected chi connectivity index (χ1v) is 8.39. The zero-order valence-electron chi connectivity index (χ0n) is 13.8. The fourth-order valence-electron chi connectivity index (χ4n) is 2.26. The molecule has 0 aliphatic carbocycles. The summed E-state index contributed by atoms with van der Waals surface area (Å²) in [5.41, 5.74) is 1.81. The molecule has 1 N–H and O–H groups in total. The Morgan fingerprint density at radius 3 is 2.96 bits per heavy atom. The van der Waals surface area contributed by atoms with Crippen LogP contribution in [0.25, 0.3) is 5.69 Å². The predicted molar refractivity (Wildman–Crippen MR) is 97.0 cm³/mol. The van der Waals surface area contributed by atoms with Gasteiger partial charge in [-0.3, -0.25) is 9.59 Å².